The van der Waals surface area contributed by atoms with Crippen LogP contribution in [0.3, 0.4) is 0 Å². The lowest BCUT2D eigenvalue weighted by Gasteiger charge is -2.10. The summed E-state index contributed by atoms with van der Waals surface area (Å²) in [6, 6.07) is 2.88. The highest BCUT2D eigenvalue weighted by Gasteiger charge is 2.19. The van der Waals surface area contributed by atoms with E-state index >= 15 is 0 Å². The average molecular weight is 411 g/mol. The van der Waals surface area contributed by atoms with E-state index in [2.05, 4.69) is 30.8 Å². The molecule has 0 atom stereocenters. The number of rotatable bonds is 3. The van der Waals surface area contributed by atoms with Gasteiger partial charge in [0.05, 0.1) is 16.3 Å². The Kier molecular flexibility index (Phi) is 4.66. The van der Waals surface area contributed by atoms with Gasteiger partial charge in [-0.3, -0.25) is 4.79 Å². The molecule has 0 fully saturated rings. The van der Waals surface area contributed by atoms with E-state index in [0.717, 1.165) is 11.5 Å². The summed E-state index contributed by atoms with van der Waals surface area (Å²) in [7, 11) is 1.51. The molecular weight excluding hydrogens is 402 g/mol. The number of halogens is 2. The number of aryl methyl sites for hydroxylation is 2. The first-order valence-electron chi connectivity index (χ1n) is 5.55. The number of nitrogens with one attached hydrogen (secondary N) is 1. The van der Waals surface area contributed by atoms with Gasteiger partial charge >= 0.3 is 0 Å². The van der Waals surface area contributed by atoms with Crippen LogP contribution in [0, 0.1) is 13.8 Å². The van der Waals surface area contributed by atoms with E-state index in [0.29, 0.717) is 26.3 Å². The third-order valence-corrected chi connectivity index (χ3v) is 5.58. The highest BCUT2D eigenvalue weighted by molar-refractivity contribution is 9.10. The summed E-state index contributed by atoms with van der Waals surface area (Å²) < 4.78 is 26.9. The van der Waals surface area contributed by atoms with Crippen molar-refractivity contribution < 1.29 is 13.2 Å². The Morgan fingerprint density at radius 3 is 2.57 bits per heavy atom. The van der Waals surface area contributed by atoms with Gasteiger partial charge < -0.3 is 5.32 Å². The summed E-state index contributed by atoms with van der Waals surface area (Å²) in [6.07, 6.45) is 0. The molecule has 1 aromatic heterocycles. The molecule has 0 aliphatic rings. The summed E-state index contributed by atoms with van der Waals surface area (Å²) >= 11 is 4.21. The molecule has 1 N–H and O–H groups in total. The van der Waals surface area contributed by atoms with Gasteiger partial charge in [0.2, 0.25) is 0 Å². The van der Waals surface area contributed by atoms with Gasteiger partial charge in [0, 0.05) is 15.2 Å². The second-order valence-corrected chi connectivity index (χ2v) is 8.32. The van der Waals surface area contributed by atoms with Gasteiger partial charge in [-0.05, 0) is 59.0 Å². The molecule has 1 amide bonds. The molecule has 0 radical (unpaired) electrons. The van der Waals surface area contributed by atoms with Crippen molar-refractivity contribution in [2.45, 2.75) is 18.7 Å². The summed E-state index contributed by atoms with van der Waals surface area (Å²) in [5, 5.41) is 6.44. The molecule has 21 heavy (non-hydrogen) atoms. The summed E-state index contributed by atoms with van der Waals surface area (Å²) in [5.74, 6) is -0.357. The smallest absolute Gasteiger partial charge is 0.269 e. The van der Waals surface area contributed by atoms with Crippen LogP contribution in [0.1, 0.15) is 20.9 Å². The fourth-order valence-corrected chi connectivity index (χ4v) is 3.99. The van der Waals surface area contributed by atoms with E-state index in [-0.39, 0.29) is 10.8 Å². The number of benzene rings is 1. The summed E-state index contributed by atoms with van der Waals surface area (Å²) in [4.78, 5) is 12.5. The first-order chi connectivity index (χ1) is 9.70. The Hall–Kier alpha value is -1.03. The fourth-order valence-electron chi connectivity index (χ4n) is 1.64. The zero-order valence-corrected chi connectivity index (χ0v) is 14.8. The molecule has 1 aromatic carbocycles. The molecule has 112 valence electrons. The number of carbonyl (C=O) groups is 1. The third-order valence-electron chi connectivity index (χ3n) is 2.63. The minimum Gasteiger partial charge on any atom is -0.320 e. The molecule has 0 saturated carbocycles. The number of nitrogens with zero attached hydrogens (tertiary/aromatic N) is 2. The number of hydrogen-bond donors (Lipinski definition) is 1. The van der Waals surface area contributed by atoms with Crippen LogP contribution in [0.25, 0.3) is 0 Å². The van der Waals surface area contributed by atoms with Crippen LogP contribution in [0.15, 0.2) is 21.5 Å². The van der Waals surface area contributed by atoms with Crippen LogP contribution in [0.2, 0.25) is 0 Å². The standard InChI is InChI=1S/C11H9BrClN3O3S2/c1-5-3-8(7(12)4-9(5)21(13,18)19)14-11(17)10-6(2)15-16-20-10/h3-4H,1-2H3,(H,14,17). The highest BCUT2D eigenvalue weighted by Crippen LogP contribution is 2.31. The molecule has 0 saturated heterocycles. The zero-order valence-electron chi connectivity index (χ0n) is 10.8. The minimum absolute atomic E-state index is 0.00956. The molecular formula is C11H9BrClN3O3S2. The second kappa shape index (κ2) is 5.99. The molecule has 0 spiro atoms. The van der Waals surface area contributed by atoms with E-state index in [4.69, 9.17) is 10.7 Å². The number of carbonyl (C=O) groups excluding carboxylic acids is 1. The van der Waals surface area contributed by atoms with Gasteiger partial charge in [-0.2, -0.15) is 0 Å². The van der Waals surface area contributed by atoms with Gasteiger partial charge in [-0.25, -0.2) is 8.42 Å². The van der Waals surface area contributed by atoms with E-state index in [1.807, 2.05) is 0 Å². The molecule has 0 aliphatic carbocycles. The molecule has 10 heteroatoms. The minimum atomic E-state index is -3.84. The van der Waals surface area contributed by atoms with E-state index in [1.165, 1.54) is 12.1 Å². The molecule has 0 aliphatic heterocycles. The molecule has 6 nitrogen and oxygen atoms in total. The Morgan fingerprint density at radius 2 is 2.05 bits per heavy atom. The number of hydrogen-bond acceptors (Lipinski definition) is 6. The predicted molar refractivity (Wildman–Crippen MR) is 84.5 cm³/mol. The van der Waals surface area contributed by atoms with Crippen LogP contribution in [-0.2, 0) is 9.05 Å². The first-order valence-corrected chi connectivity index (χ1v) is 9.43. The topological polar surface area (TPSA) is 89.0 Å². The highest BCUT2D eigenvalue weighted by atomic mass is 79.9. The first kappa shape index (κ1) is 16.3. The molecule has 2 aromatic rings. The number of aromatic nitrogens is 2. The van der Waals surface area contributed by atoms with Crippen molar-refractivity contribution in [3.05, 3.63) is 32.7 Å². The maximum Gasteiger partial charge on any atom is 0.269 e. The monoisotopic (exact) mass is 409 g/mol. The molecule has 2 rings (SSSR count). The second-order valence-electron chi connectivity index (χ2n) is 4.18. The summed E-state index contributed by atoms with van der Waals surface area (Å²) in [5.41, 5.74) is 1.40. The SMILES string of the molecule is Cc1cc(NC(=O)c2snnc2C)c(Br)cc1S(=O)(=O)Cl. The van der Waals surface area contributed by atoms with Crippen molar-refractivity contribution in [3.8, 4) is 0 Å². The Labute approximate surface area is 138 Å². The lowest BCUT2D eigenvalue weighted by molar-refractivity contribution is 0.102. The third kappa shape index (κ3) is 3.60. The van der Waals surface area contributed by atoms with Gasteiger partial charge in [-0.15, -0.1) is 5.10 Å². The van der Waals surface area contributed by atoms with Crippen molar-refractivity contribution in [2.24, 2.45) is 0 Å². The maximum absolute atomic E-state index is 12.1. The van der Waals surface area contributed by atoms with Crippen LogP contribution in [-0.4, -0.2) is 23.9 Å². The molecule has 0 bridgehead atoms. The van der Waals surface area contributed by atoms with Crippen molar-refractivity contribution in [1.29, 1.82) is 0 Å². The van der Waals surface area contributed by atoms with Crippen molar-refractivity contribution in [2.75, 3.05) is 5.32 Å². The van der Waals surface area contributed by atoms with E-state index in [9.17, 15) is 13.2 Å². The van der Waals surface area contributed by atoms with Crippen LogP contribution in [0.5, 0.6) is 0 Å². The van der Waals surface area contributed by atoms with E-state index in [1.54, 1.807) is 13.8 Å². The lowest BCUT2D eigenvalue weighted by Crippen LogP contribution is -2.12. The number of anilines is 1. The summed E-state index contributed by atoms with van der Waals surface area (Å²) in [6.45, 7) is 3.28. The van der Waals surface area contributed by atoms with E-state index < -0.39 is 9.05 Å². The van der Waals surface area contributed by atoms with Gasteiger partial charge in [-0.1, -0.05) is 4.49 Å². The predicted octanol–water partition coefficient (Wildman–Crippen LogP) is 3.10. The quantitative estimate of drug-likeness (QED) is 0.785. The van der Waals surface area contributed by atoms with Gasteiger partial charge in [0.15, 0.2) is 0 Å². The molecule has 0 unspecified atom stereocenters. The Morgan fingerprint density at radius 1 is 1.38 bits per heavy atom. The number of amides is 1. The normalized spacial score (nSPS) is 11.4. The molecule has 1 heterocycles. The Balaban J connectivity index is 2.37. The van der Waals surface area contributed by atoms with Crippen LogP contribution >= 0.6 is 38.1 Å². The van der Waals surface area contributed by atoms with Crippen LogP contribution < -0.4 is 5.32 Å². The van der Waals surface area contributed by atoms with Gasteiger partial charge in [0.1, 0.15) is 4.88 Å². The van der Waals surface area contributed by atoms with Crippen molar-refractivity contribution in [3.63, 3.8) is 0 Å². The Bertz CT molecular complexity index is 820. The maximum atomic E-state index is 12.1. The van der Waals surface area contributed by atoms with Crippen molar-refractivity contribution in [1.82, 2.24) is 9.59 Å². The van der Waals surface area contributed by atoms with Crippen molar-refractivity contribution >= 4 is 58.8 Å². The average Bonchev–Trinajstić information content (AvgIpc) is 2.78. The lowest BCUT2D eigenvalue weighted by atomic mass is 10.2. The zero-order chi connectivity index (χ0) is 15.8. The van der Waals surface area contributed by atoms with Gasteiger partial charge in [0.25, 0.3) is 15.0 Å². The largest absolute Gasteiger partial charge is 0.320 e. The fraction of sp³-hybridized carbons (Fsp3) is 0.182. The van der Waals surface area contributed by atoms with Crippen LogP contribution in [0.4, 0.5) is 5.69 Å².